The van der Waals surface area contributed by atoms with Crippen LogP contribution in [-0.4, -0.2) is 21.6 Å². The number of anilines is 1. The van der Waals surface area contributed by atoms with Crippen LogP contribution in [-0.2, 0) is 4.79 Å². The quantitative estimate of drug-likeness (QED) is 0.466. The lowest BCUT2D eigenvalue weighted by atomic mass is 10.2. The minimum atomic E-state index is -0.924. The van der Waals surface area contributed by atoms with Gasteiger partial charge in [-0.05, 0) is 66.7 Å². The number of aryl methyl sites for hydroxylation is 1. The first kappa shape index (κ1) is 19.3. The summed E-state index contributed by atoms with van der Waals surface area (Å²) >= 11 is 2.58. The average Bonchev–Trinajstić information content (AvgIpc) is 2.66. The van der Waals surface area contributed by atoms with Gasteiger partial charge in [0.05, 0.1) is 5.75 Å². The van der Waals surface area contributed by atoms with E-state index < -0.39 is 11.6 Å². The van der Waals surface area contributed by atoms with Crippen LogP contribution in [0.2, 0.25) is 0 Å². The van der Waals surface area contributed by atoms with Crippen molar-refractivity contribution in [3.05, 3.63) is 72.1 Å². The van der Waals surface area contributed by atoms with Crippen molar-refractivity contribution >= 4 is 35.1 Å². The van der Waals surface area contributed by atoms with Crippen molar-refractivity contribution in [2.45, 2.75) is 21.9 Å². The van der Waals surface area contributed by atoms with E-state index in [1.54, 1.807) is 18.5 Å². The van der Waals surface area contributed by atoms with Gasteiger partial charge in [-0.1, -0.05) is 0 Å². The van der Waals surface area contributed by atoms with Crippen LogP contribution in [0.4, 0.5) is 14.5 Å². The molecule has 0 fully saturated rings. The average molecular weight is 403 g/mol. The molecule has 138 valence electrons. The lowest BCUT2D eigenvalue weighted by molar-refractivity contribution is -0.113. The molecule has 0 aliphatic heterocycles. The van der Waals surface area contributed by atoms with Crippen LogP contribution < -0.4 is 5.32 Å². The van der Waals surface area contributed by atoms with Gasteiger partial charge in [-0.15, -0.1) is 11.8 Å². The van der Waals surface area contributed by atoms with E-state index in [0.717, 1.165) is 34.4 Å². The predicted octanol–water partition coefficient (Wildman–Crippen LogP) is 4.95. The first-order valence-corrected chi connectivity index (χ1v) is 9.75. The monoisotopic (exact) mass is 403 g/mol. The largest absolute Gasteiger partial charge is 0.325 e. The van der Waals surface area contributed by atoms with Crippen molar-refractivity contribution in [1.82, 2.24) is 9.97 Å². The van der Waals surface area contributed by atoms with Gasteiger partial charge in [0.25, 0.3) is 0 Å². The smallest absolute Gasteiger partial charge is 0.234 e. The van der Waals surface area contributed by atoms with Crippen LogP contribution in [0.3, 0.4) is 0 Å². The van der Waals surface area contributed by atoms with E-state index in [0.29, 0.717) is 15.7 Å². The summed E-state index contributed by atoms with van der Waals surface area (Å²) in [6, 6.07) is 11.0. The highest BCUT2D eigenvalue weighted by molar-refractivity contribution is 8.00. The van der Waals surface area contributed by atoms with Crippen LogP contribution in [0.1, 0.15) is 5.56 Å². The fourth-order valence-corrected chi connectivity index (χ4v) is 3.72. The van der Waals surface area contributed by atoms with Gasteiger partial charge in [-0.3, -0.25) is 4.79 Å². The summed E-state index contributed by atoms with van der Waals surface area (Å²) in [6.45, 7) is 1.90. The summed E-state index contributed by atoms with van der Waals surface area (Å²) in [5.41, 5.74) is 1.60. The Kier molecular flexibility index (Phi) is 6.41. The third-order valence-electron chi connectivity index (χ3n) is 3.48. The highest BCUT2D eigenvalue weighted by Crippen LogP contribution is 2.28. The molecule has 0 saturated carbocycles. The number of aromatic nitrogens is 2. The number of rotatable bonds is 6. The van der Waals surface area contributed by atoms with Gasteiger partial charge >= 0.3 is 0 Å². The Hall–Kier alpha value is -2.45. The molecule has 3 aromatic rings. The van der Waals surface area contributed by atoms with Crippen molar-refractivity contribution in [3.8, 4) is 0 Å². The topological polar surface area (TPSA) is 54.9 Å². The number of carbonyl (C=O) groups is 1. The second-order valence-electron chi connectivity index (χ2n) is 5.52. The fourth-order valence-electron chi connectivity index (χ4n) is 2.19. The van der Waals surface area contributed by atoms with Crippen LogP contribution in [0, 0.1) is 18.6 Å². The van der Waals surface area contributed by atoms with Crippen molar-refractivity contribution in [2.75, 3.05) is 11.1 Å². The van der Waals surface area contributed by atoms with E-state index in [4.69, 9.17) is 0 Å². The number of amides is 1. The molecule has 2 aromatic carbocycles. The van der Waals surface area contributed by atoms with E-state index in [1.807, 2.05) is 25.1 Å². The number of hydrogen-bond donors (Lipinski definition) is 1. The Balaban J connectivity index is 1.58. The zero-order valence-electron chi connectivity index (χ0n) is 14.3. The Bertz CT molecular complexity index is 955. The number of halogens is 2. The highest BCUT2D eigenvalue weighted by atomic mass is 32.2. The molecule has 0 unspecified atom stereocenters. The molecule has 0 atom stereocenters. The van der Waals surface area contributed by atoms with Gasteiger partial charge in [0.15, 0.2) is 16.8 Å². The number of benzene rings is 2. The molecule has 1 aromatic heterocycles. The van der Waals surface area contributed by atoms with Crippen LogP contribution in [0.15, 0.2) is 69.8 Å². The molecule has 0 spiro atoms. The summed E-state index contributed by atoms with van der Waals surface area (Å²) in [6.07, 6.45) is 3.36. The zero-order chi connectivity index (χ0) is 19.2. The number of nitrogens with zero attached hydrogens (tertiary/aromatic N) is 2. The molecule has 8 heteroatoms. The predicted molar refractivity (Wildman–Crippen MR) is 103 cm³/mol. The van der Waals surface area contributed by atoms with Gasteiger partial charge in [-0.25, -0.2) is 18.7 Å². The summed E-state index contributed by atoms with van der Waals surface area (Å²) in [5.74, 6) is -1.96. The van der Waals surface area contributed by atoms with Crippen molar-refractivity contribution in [2.24, 2.45) is 0 Å². The SMILES string of the molecule is Cc1cc(Sc2ncccn2)ccc1NC(=O)CSc1ccc(F)c(F)c1. The van der Waals surface area contributed by atoms with Crippen LogP contribution >= 0.6 is 23.5 Å². The molecule has 4 nitrogen and oxygen atoms in total. The van der Waals surface area contributed by atoms with Crippen molar-refractivity contribution in [3.63, 3.8) is 0 Å². The molecular weight excluding hydrogens is 388 g/mol. The first-order valence-electron chi connectivity index (χ1n) is 7.94. The third kappa shape index (κ3) is 5.51. The summed E-state index contributed by atoms with van der Waals surface area (Å²) < 4.78 is 26.1. The van der Waals surface area contributed by atoms with Crippen molar-refractivity contribution in [1.29, 1.82) is 0 Å². The Morgan fingerprint density at radius 1 is 1.04 bits per heavy atom. The van der Waals surface area contributed by atoms with E-state index in [9.17, 15) is 13.6 Å². The maximum atomic E-state index is 13.2. The number of hydrogen-bond acceptors (Lipinski definition) is 5. The summed E-state index contributed by atoms with van der Waals surface area (Å²) in [5, 5.41) is 3.48. The van der Waals surface area contributed by atoms with Gasteiger partial charge in [0, 0.05) is 27.9 Å². The minimum absolute atomic E-state index is 0.0961. The first-order chi connectivity index (χ1) is 13.0. The van der Waals surface area contributed by atoms with Gasteiger partial charge in [-0.2, -0.15) is 0 Å². The molecule has 0 aliphatic carbocycles. The molecule has 0 radical (unpaired) electrons. The van der Waals surface area contributed by atoms with E-state index >= 15 is 0 Å². The normalized spacial score (nSPS) is 10.6. The highest BCUT2D eigenvalue weighted by Gasteiger charge is 2.09. The molecule has 1 amide bonds. The number of thioether (sulfide) groups is 1. The van der Waals surface area contributed by atoms with E-state index in [2.05, 4.69) is 15.3 Å². The summed E-state index contributed by atoms with van der Waals surface area (Å²) in [4.78, 5) is 21.9. The number of nitrogens with one attached hydrogen (secondary N) is 1. The standard InChI is InChI=1S/C19H15F2N3OS2/c1-12-9-14(27-19-22-7-2-8-23-19)4-6-17(12)24-18(25)11-26-13-3-5-15(20)16(21)10-13/h2-10H,11H2,1H3,(H,24,25). The second kappa shape index (κ2) is 8.96. The molecule has 0 aliphatic rings. The molecule has 0 bridgehead atoms. The third-order valence-corrected chi connectivity index (χ3v) is 5.36. The van der Waals surface area contributed by atoms with Gasteiger partial charge in [0.2, 0.25) is 5.91 Å². The number of carbonyl (C=O) groups excluding carboxylic acids is 1. The zero-order valence-corrected chi connectivity index (χ0v) is 15.9. The van der Waals surface area contributed by atoms with E-state index in [1.165, 1.54) is 17.8 Å². The van der Waals surface area contributed by atoms with Gasteiger partial charge in [0.1, 0.15) is 0 Å². The summed E-state index contributed by atoms with van der Waals surface area (Å²) in [7, 11) is 0. The lowest BCUT2D eigenvalue weighted by Crippen LogP contribution is -2.14. The molecule has 27 heavy (non-hydrogen) atoms. The molecule has 3 rings (SSSR count). The molecular formula is C19H15F2N3OS2. The lowest BCUT2D eigenvalue weighted by Gasteiger charge is -2.10. The maximum absolute atomic E-state index is 13.2. The maximum Gasteiger partial charge on any atom is 0.234 e. The Morgan fingerprint density at radius 3 is 2.48 bits per heavy atom. The molecule has 1 N–H and O–H groups in total. The molecule has 1 heterocycles. The Morgan fingerprint density at radius 2 is 1.78 bits per heavy atom. The molecule has 0 saturated heterocycles. The van der Waals surface area contributed by atoms with E-state index in [-0.39, 0.29) is 11.7 Å². The Labute approximate surface area is 163 Å². The fraction of sp³-hybridized carbons (Fsp3) is 0.105. The van der Waals surface area contributed by atoms with Crippen molar-refractivity contribution < 1.29 is 13.6 Å². The van der Waals surface area contributed by atoms with Crippen LogP contribution in [0.5, 0.6) is 0 Å². The van der Waals surface area contributed by atoms with Gasteiger partial charge < -0.3 is 5.32 Å². The minimum Gasteiger partial charge on any atom is -0.325 e. The second-order valence-corrected chi connectivity index (χ2v) is 7.61. The van der Waals surface area contributed by atoms with Crippen LogP contribution in [0.25, 0.3) is 0 Å².